The van der Waals surface area contributed by atoms with Crippen LogP contribution in [0.4, 0.5) is 0 Å². The Morgan fingerprint density at radius 2 is 2.11 bits per heavy atom. The van der Waals surface area contributed by atoms with Crippen molar-refractivity contribution in [2.45, 2.75) is 13.3 Å². The Morgan fingerprint density at radius 3 is 2.72 bits per heavy atom. The second-order valence-electron chi connectivity index (χ2n) is 4.03. The van der Waals surface area contributed by atoms with Gasteiger partial charge in [0.25, 0.3) is 0 Å². The summed E-state index contributed by atoms with van der Waals surface area (Å²) in [5, 5.41) is 0.674. The maximum absolute atomic E-state index is 12.1. The standard InChI is InChI=1S/C14H11BrClNO/c1-9-6-10(2-5-13(9)16)14(18)7-12-4-3-11(15)8-17-12/h2-6,8H,7H2,1H3. The van der Waals surface area contributed by atoms with Crippen LogP contribution < -0.4 is 0 Å². The lowest BCUT2D eigenvalue weighted by atomic mass is 10.0. The van der Waals surface area contributed by atoms with Crippen LogP contribution in [0.15, 0.2) is 41.0 Å². The first-order valence-electron chi connectivity index (χ1n) is 5.46. The minimum Gasteiger partial charge on any atom is -0.294 e. The summed E-state index contributed by atoms with van der Waals surface area (Å²) >= 11 is 9.25. The summed E-state index contributed by atoms with van der Waals surface area (Å²) in [5.41, 5.74) is 2.34. The molecule has 0 fully saturated rings. The van der Waals surface area contributed by atoms with Crippen LogP contribution in [-0.2, 0) is 6.42 Å². The van der Waals surface area contributed by atoms with Crippen LogP contribution in [0.5, 0.6) is 0 Å². The van der Waals surface area contributed by atoms with E-state index >= 15 is 0 Å². The molecule has 2 rings (SSSR count). The number of hydrogen-bond acceptors (Lipinski definition) is 2. The third-order valence-electron chi connectivity index (χ3n) is 2.61. The van der Waals surface area contributed by atoms with Crippen LogP contribution in [0, 0.1) is 6.92 Å². The fourth-order valence-corrected chi connectivity index (χ4v) is 1.95. The SMILES string of the molecule is Cc1cc(C(=O)Cc2ccc(Br)cn2)ccc1Cl. The van der Waals surface area contributed by atoms with Gasteiger partial charge in [0, 0.05) is 26.9 Å². The molecule has 0 bridgehead atoms. The maximum Gasteiger partial charge on any atom is 0.168 e. The van der Waals surface area contributed by atoms with E-state index in [9.17, 15) is 4.79 Å². The van der Waals surface area contributed by atoms with Gasteiger partial charge in [-0.05, 0) is 58.7 Å². The largest absolute Gasteiger partial charge is 0.294 e. The monoisotopic (exact) mass is 323 g/mol. The first-order valence-corrected chi connectivity index (χ1v) is 6.63. The van der Waals surface area contributed by atoms with Gasteiger partial charge in [-0.15, -0.1) is 0 Å². The van der Waals surface area contributed by atoms with E-state index in [0.29, 0.717) is 17.0 Å². The van der Waals surface area contributed by atoms with Gasteiger partial charge in [-0.1, -0.05) is 11.6 Å². The molecular formula is C14H11BrClNO. The highest BCUT2D eigenvalue weighted by molar-refractivity contribution is 9.10. The lowest BCUT2D eigenvalue weighted by Crippen LogP contribution is -2.05. The first kappa shape index (κ1) is 13.2. The van der Waals surface area contributed by atoms with Gasteiger partial charge < -0.3 is 0 Å². The number of rotatable bonds is 3. The number of hydrogen-bond donors (Lipinski definition) is 0. The van der Waals surface area contributed by atoms with Crippen molar-refractivity contribution in [3.8, 4) is 0 Å². The fourth-order valence-electron chi connectivity index (χ4n) is 1.60. The Balaban J connectivity index is 2.16. The van der Waals surface area contributed by atoms with E-state index in [1.165, 1.54) is 0 Å². The number of nitrogens with zero attached hydrogens (tertiary/aromatic N) is 1. The van der Waals surface area contributed by atoms with Gasteiger partial charge in [0.2, 0.25) is 0 Å². The molecule has 1 heterocycles. The van der Waals surface area contributed by atoms with Crippen molar-refractivity contribution in [2.75, 3.05) is 0 Å². The van der Waals surface area contributed by atoms with E-state index < -0.39 is 0 Å². The number of carbonyl (C=O) groups is 1. The number of benzene rings is 1. The van der Waals surface area contributed by atoms with Gasteiger partial charge in [0.1, 0.15) is 0 Å². The molecule has 0 amide bonds. The smallest absolute Gasteiger partial charge is 0.168 e. The molecule has 0 aliphatic rings. The highest BCUT2D eigenvalue weighted by atomic mass is 79.9. The van der Waals surface area contributed by atoms with Crippen LogP contribution in [0.3, 0.4) is 0 Å². The molecular weight excluding hydrogens is 314 g/mol. The fraction of sp³-hybridized carbons (Fsp3) is 0.143. The number of pyridine rings is 1. The summed E-state index contributed by atoms with van der Waals surface area (Å²) in [6.45, 7) is 1.89. The Labute approximate surface area is 119 Å². The molecule has 0 saturated carbocycles. The van der Waals surface area contributed by atoms with Crippen LogP contribution in [0.25, 0.3) is 0 Å². The zero-order valence-electron chi connectivity index (χ0n) is 9.78. The van der Waals surface area contributed by atoms with Crippen LogP contribution >= 0.6 is 27.5 Å². The molecule has 1 aromatic carbocycles. The number of aromatic nitrogens is 1. The van der Waals surface area contributed by atoms with Crippen molar-refractivity contribution < 1.29 is 4.79 Å². The molecule has 0 atom stereocenters. The molecule has 0 radical (unpaired) electrons. The predicted molar refractivity (Wildman–Crippen MR) is 76.2 cm³/mol. The zero-order chi connectivity index (χ0) is 13.1. The molecule has 92 valence electrons. The Hall–Kier alpha value is -1.19. The number of carbonyl (C=O) groups excluding carboxylic acids is 1. The Kier molecular flexibility index (Phi) is 4.15. The highest BCUT2D eigenvalue weighted by Crippen LogP contribution is 2.17. The summed E-state index contributed by atoms with van der Waals surface area (Å²) < 4.78 is 0.904. The minimum absolute atomic E-state index is 0.0459. The van der Waals surface area contributed by atoms with Gasteiger partial charge in [-0.25, -0.2) is 0 Å². The third kappa shape index (κ3) is 3.18. The molecule has 0 aliphatic carbocycles. The van der Waals surface area contributed by atoms with Crippen molar-refractivity contribution in [3.05, 3.63) is 62.8 Å². The predicted octanol–water partition coefficient (Wildman–Crippen LogP) is 4.23. The van der Waals surface area contributed by atoms with Gasteiger partial charge in [0.05, 0.1) is 6.42 Å². The van der Waals surface area contributed by atoms with Gasteiger partial charge >= 0.3 is 0 Å². The lowest BCUT2D eigenvalue weighted by molar-refractivity contribution is 0.0992. The molecule has 0 spiro atoms. The van der Waals surface area contributed by atoms with Crippen LogP contribution in [0.2, 0.25) is 5.02 Å². The molecule has 1 aromatic heterocycles. The Bertz CT molecular complexity index is 581. The van der Waals surface area contributed by atoms with E-state index in [4.69, 9.17) is 11.6 Å². The van der Waals surface area contributed by atoms with Crippen molar-refractivity contribution in [3.63, 3.8) is 0 Å². The molecule has 2 aromatic rings. The normalized spacial score (nSPS) is 10.4. The maximum atomic E-state index is 12.1. The minimum atomic E-state index is 0.0459. The second kappa shape index (κ2) is 5.63. The van der Waals surface area contributed by atoms with E-state index in [1.54, 1.807) is 18.3 Å². The van der Waals surface area contributed by atoms with E-state index in [1.807, 2.05) is 25.1 Å². The van der Waals surface area contributed by atoms with Gasteiger partial charge in [-0.3, -0.25) is 9.78 Å². The van der Waals surface area contributed by atoms with Crippen molar-refractivity contribution >= 4 is 33.3 Å². The average Bonchev–Trinajstić information content (AvgIpc) is 2.35. The average molecular weight is 325 g/mol. The molecule has 0 unspecified atom stereocenters. The highest BCUT2D eigenvalue weighted by Gasteiger charge is 2.09. The zero-order valence-corrected chi connectivity index (χ0v) is 12.1. The molecule has 18 heavy (non-hydrogen) atoms. The molecule has 4 heteroatoms. The Morgan fingerprint density at radius 1 is 1.33 bits per heavy atom. The van der Waals surface area contributed by atoms with Crippen molar-refractivity contribution in [1.82, 2.24) is 4.98 Å². The quantitative estimate of drug-likeness (QED) is 0.791. The molecule has 0 N–H and O–H groups in total. The number of aryl methyl sites for hydroxylation is 1. The van der Waals surface area contributed by atoms with E-state index in [0.717, 1.165) is 15.7 Å². The molecule has 0 aliphatic heterocycles. The number of halogens is 2. The lowest BCUT2D eigenvalue weighted by Gasteiger charge is -2.03. The first-order chi connectivity index (χ1) is 8.56. The summed E-state index contributed by atoms with van der Waals surface area (Å²) in [7, 11) is 0. The van der Waals surface area contributed by atoms with Crippen LogP contribution in [-0.4, -0.2) is 10.8 Å². The summed E-state index contributed by atoms with van der Waals surface area (Å²) in [4.78, 5) is 16.3. The van der Waals surface area contributed by atoms with E-state index in [-0.39, 0.29) is 5.78 Å². The van der Waals surface area contributed by atoms with Gasteiger partial charge in [0.15, 0.2) is 5.78 Å². The van der Waals surface area contributed by atoms with Crippen molar-refractivity contribution in [2.24, 2.45) is 0 Å². The third-order valence-corrected chi connectivity index (χ3v) is 3.50. The van der Waals surface area contributed by atoms with E-state index in [2.05, 4.69) is 20.9 Å². The molecule has 0 saturated heterocycles. The second-order valence-corrected chi connectivity index (χ2v) is 5.35. The summed E-state index contributed by atoms with van der Waals surface area (Å²) in [6, 6.07) is 9.02. The summed E-state index contributed by atoms with van der Waals surface area (Å²) in [5.74, 6) is 0.0459. The molecule has 2 nitrogen and oxygen atoms in total. The van der Waals surface area contributed by atoms with Gasteiger partial charge in [-0.2, -0.15) is 0 Å². The van der Waals surface area contributed by atoms with Crippen molar-refractivity contribution in [1.29, 1.82) is 0 Å². The van der Waals surface area contributed by atoms with Crippen LogP contribution in [0.1, 0.15) is 21.6 Å². The topological polar surface area (TPSA) is 30.0 Å². The summed E-state index contributed by atoms with van der Waals surface area (Å²) in [6.07, 6.45) is 1.99. The number of ketones is 1. The number of Topliss-reactive ketones (excluding diaryl/α,β-unsaturated/α-hetero) is 1.